The molecule has 5 rings (SSSR count). The highest BCUT2D eigenvalue weighted by Crippen LogP contribution is 2.37. The number of hydrogen-bond donors (Lipinski definition) is 2. The fourth-order valence-corrected chi connectivity index (χ4v) is 5.10. The van der Waals surface area contributed by atoms with E-state index in [-0.39, 0.29) is 23.7 Å². The van der Waals surface area contributed by atoms with Crippen LogP contribution in [-0.2, 0) is 6.42 Å². The summed E-state index contributed by atoms with van der Waals surface area (Å²) in [5.41, 5.74) is 4.60. The highest BCUT2D eigenvalue weighted by molar-refractivity contribution is 5.92. The summed E-state index contributed by atoms with van der Waals surface area (Å²) < 4.78 is 7.25. The quantitative estimate of drug-likeness (QED) is 0.624. The van der Waals surface area contributed by atoms with Crippen LogP contribution in [0, 0.1) is 6.92 Å². The van der Waals surface area contributed by atoms with Crippen molar-refractivity contribution in [1.82, 2.24) is 24.8 Å². The molecule has 2 N–H and O–H groups in total. The smallest absolute Gasteiger partial charge is 0.270 e. The number of methoxy groups -OCH3 is 1. The number of nitrogens with zero attached hydrogens (tertiary/aromatic N) is 4. The molecule has 3 heterocycles. The number of amides is 1. The second-order valence-corrected chi connectivity index (χ2v) is 8.91. The number of carbonyl (C=O) groups is 1. The number of aliphatic hydroxyl groups is 1. The predicted molar refractivity (Wildman–Crippen MR) is 124 cm³/mol. The molecule has 1 aliphatic heterocycles. The average molecular weight is 448 g/mol. The maximum atomic E-state index is 13.0. The fraction of sp³-hybridized carbons (Fsp3) is 0.400. The lowest BCUT2D eigenvalue weighted by Crippen LogP contribution is -2.53. The molecule has 1 amide bonds. The summed E-state index contributed by atoms with van der Waals surface area (Å²) in [6.07, 6.45) is 5.70. The summed E-state index contributed by atoms with van der Waals surface area (Å²) in [4.78, 5) is 24.0. The number of aryl methyl sites for hydroxylation is 2. The first kappa shape index (κ1) is 21.6. The van der Waals surface area contributed by atoms with Gasteiger partial charge in [0.15, 0.2) is 0 Å². The standard InChI is InChI=1S/C25H29N5O3/c1-16-12-30(15-26-16)23-10-8-21(28-25(23)33-2)24(32)27-18-11-19(31)14-29(13-18)22-9-7-17-5-3-4-6-20(17)22/h3-6,8,10,12,15,18-19,22,31H,7,9,11,13-14H2,1-2H3,(H,27,32). The Kier molecular flexibility index (Phi) is 5.86. The molecule has 1 saturated heterocycles. The molecule has 0 saturated carbocycles. The Morgan fingerprint density at radius 3 is 2.85 bits per heavy atom. The van der Waals surface area contributed by atoms with Gasteiger partial charge in [-0.3, -0.25) is 9.69 Å². The van der Waals surface area contributed by atoms with E-state index in [1.165, 1.54) is 18.2 Å². The number of fused-ring (bicyclic) bond motifs is 1. The number of rotatable bonds is 5. The maximum absolute atomic E-state index is 13.0. The number of benzene rings is 1. The molecule has 172 valence electrons. The molecule has 3 unspecified atom stereocenters. The summed E-state index contributed by atoms with van der Waals surface area (Å²) >= 11 is 0. The SMILES string of the molecule is COc1nc(C(=O)NC2CC(O)CN(C3CCc4ccccc43)C2)ccc1-n1cnc(C)c1. The monoisotopic (exact) mass is 447 g/mol. The Morgan fingerprint density at radius 2 is 2.06 bits per heavy atom. The van der Waals surface area contributed by atoms with E-state index in [0.29, 0.717) is 31.1 Å². The summed E-state index contributed by atoms with van der Waals surface area (Å²) in [7, 11) is 1.53. The number of imidazole rings is 1. The highest BCUT2D eigenvalue weighted by atomic mass is 16.5. The van der Waals surface area contributed by atoms with Crippen molar-refractivity contribution in [2.24, 2.45) is 0 Å². The van der Waals surface area contributed by atoms with Crippen LogP contribution >= 0.6 is 0 Å². The Morgan fingerprint density at radius 1 is 1.21 bits per heavy atom. The molecule has 1 aliphatic carbocycles. The van der Waals surface area contributed by atoms with Gasteiger partial charge in [-0.25, -0.2) is 9.97 Å². The van der Waals surface area contributed by atoms with Crippen LogP contribution in [0.1, 0.15) is 46.2 Å². The third-order valence-corrected chi connectivity index (χ3v) is 6.59. The van der Waals surface area contributed by atoms with Crippen molar-refractivity contribution in [3.05, 3.63) is 71.4 Å². The Labute approximate surface area is 193 Å². The minimum absolute atomic E-state index is 0.155. The molecule has 2 aromatic heterocycles. The predicted octanol–water partition coefficient (Wildman–Crippen LogP) is 2.44. The number of nitrogens with one attached hydrogen (secondary N) is 1. The van der Waals surface area contributed by atoms with Gasteiger partial charge < -0.3 is 19.7 Å². The molecule has 1 aromatic carbocycles. The van der Waals surface area contributed by atoms with E-state index < -0.39 is 6.10 Å². The van der Waals surface area contributed by atoms with Crippen LogP contribution in [0.15, 0.2) is 48.9 Å². The molecule has 8 nitrogen and oxygen atoms in total. The van der Waals surface area contributed by atoms with Crippen molar-refractivity contribution in [2.45, 2.75) is 44.4 Å². The van der Waals surface area contributed by atoms with Gasteiger partial charge in [0, 0.05) is 31.4 Å². The van der Waals surface area contributed by atoms with Gasteiger partial charge in [0.1, 0.15) is 11.4 Å². The minimum atomic E-state index is -0.480. The highest BCUT2D eigenvalue weighted by Gasteiger charge is 2.35. The largest absolute Gasteiger partial charge is 0.479 e. The fourth-order valence-electron chi connectivity index (χ4n) is 5.10. The number of aromatic nitrogens is 3. The number of piperidine rings is 1. The van der Waals surface area contributed by atoms with E-state index in [9.17, 15) is 9.90 Å². The van der Waals surface area contributed by atoms with Crippen molar-refractivity contribution in [1.29, 1.82) is 0 Å². The Balaban J connectivity index is 1.30. The lowest BCUT2D eigenvalue weighted by Gasteiger charge is -2.39. The van der Waals surface area contributed by atoms with Crippen LogP contribution in [0.25, 0.3) is 5.69 Å². The van der Waals surface area contributed by atoms with Gasteiger partial charge in [0.2, 0.25) is 5.88 Å². The average Bonchev–Trinajstić information content (AvgIpc) is 3.44. The zero-order chi connectivity index (χ0) is 22.9. The zero-order valence-corrected chi connectivity index (χ0v) is 18.9. The van der Waals surface area contributed by atoms with Crippen molar-refractivity contribution in [3.8, 4) is 11.6 Å². The van der Waals surface area contributed by atoms with Gasteiger partial charge in [-0.2, -0.15) is 0 Å². The van der Waals surface area contributed by atoms with Gasteiger partial charge in [-0.05, 0) is 49.4 Å². The van der Waals surface area contributed by atoms with Crippen LogP contribution in [-0.4, -0.2) is 62.8 Å². The molecule has 0 radical (unpaired) electrons. The summed E-state index contributed by atoms with van der Waals surface area (Å²) in [6, 6.07) is 12.1. The molecular weight excluding hydrogens is 418 g/mol. The van der Waals surface area contributed by atoms with Crippen molar-refractivity contribution in [2.75, 3.05) is 20.2 Å². The van der Waals surface area contributed by atoms with Crippen LogP contribution in [0.4, 0.5) is 0 Å². The molecule has 8 heteroatoms. The van der Waals surface area contributed by atoms with Gasteiger partial charge in [-0.15, -0.1) is 0 Å². The number of likely N-dealkylation sites (tertiary alicyclic amines) is 1. The number of β-amino-alcohol motifs (C(OH)–C–C–N with tert-alkyl or cyclic N) is 1. The number of carbonyl (C=O) groups excluding carboxylic acids is 1. The van der Waals surface area contributed by atoms with Gasteiger partial charge in [0.25, 0.3) is 5.91 Å². The number of aliphatic hydroxyl groups excluding tert-OH is 1. The summed E-state index contributed by atoms with van der Waals surface area (Å²) in [5.74, 6) is 0.0838. The van der Waals surface area contributed by atoms with Crippen molar-refractivity contribution < 1.29 is 14.6 Å². The maximum Gasteiger partial charge on any atom is 0.270 e. The van der Waals surface area contributed by atoms with Gasteiger partial charge in [-0.1, -0.05) is 24.3 Å². The summed E-state index contributed by atoms with van der Waals surface area (Å²) in [6.45, 7) is 3.23. The third-order valence-electron chi connectivity index (χ3n) is 6.59. The first-order chi connectivity index (χ1) is 16.0. The normalized spacial score (nSPS) is 22.7. The van der Waals surface area contributed by atoms with Crippen molar-refractivity contribution in [3.63, 3.8) is 0 Å². The molecule has 1 fully saturated rings. The van der Waals surface area contributed by atoms with Crippen molar-refractivity contribution >= 4 is 5.91 Å². The molecule has 3 atom stereocenters. The third kappa shape index (κ3) is 4.36. The van der Waals surface area contributed by atoms with Crippen LogP contribution in [0.2, 0.25) is 0 Å². The lowest BCUT2D eigenvalue weighted by molar-refractivity contribution is 0.0282. The topological polar surface area (TPSA) is 92.5 Å². The Bertz CT molecular complexity index is 1160. The van der Waals surface area contributed by atoms with E-state index in [1.54, 1.807) is 18.5 Å². The second-order valence-electron chi connectivity index (χ2n) is 8.91. The molecule has 2 aliphatic rings. The zero-order valence-electron chi connectivity index (χ0n) is 18.9. The van der Waals surface area contributed by atoms with Crippen LogP contribution in [0.5, 0.6) is 5.88 Å². The van der Waals surface area contributed by atoms with Crippen LogP contribution in [0.3, 0.4) is 0 Å². The number of pyridine rings is 1. The number of hydrogen-bond acceptors (Lipinski definition) is 6. The van der Waals surface area contributed by atoms with E-state index in [0.717, 1.165) is 18.5 Å². The van der Waals surface area contributed by atoms with E-state index in [2.05, 4.69) is 44.5 Å². The van der Waals surface area contributed by atoms with Gasteiger partial charge >= 0.3 is 0 Å². The molecule has 3 aromatic rings. The lowest BCUT2D eigenvalue weighted by atomic mass is 9.98. The first-order valence-corrected chi connectivity index (χ1v) is 11.4. The van der Waals surface area contributed by atoms with E-state index >= 15 is 0 Å². The second kappa shape index (κ2) is 8.96. The molecule has 0 spiro atoms. The molecule has 33 heavy (non-hydrogen) atoms. The number of ether oxygens (including phenoxy) is 1. The van der Waals surface area contributed by atoms with E-state index in [4.69, 9.17) is 4.74 Å². The molecular formula is C25H29N5O3. The molecule has 0 bridgehead atoms. The first-order valence-electron chi connectivity index (χ1n) is 11.4. The summed E-state index contributed by atoms with van der Waals surface area (Å²) in [5, 5.41) is 13.6. The van der Waals surface area contributed by atoms with Gasteiger partial charge in [0.05, 0.1) is 25.2 Å². The van der Waals surface area contributed by atoms with E-state index in [1.807, 2.05) is 17.7 Å². The minimum Gasteiger partial charge on any atom is -0.479 e. The van der Waals surface area contributed by atoms with Crippen LogP contribution < -0.4 is 10.1 Å². The Hall–Kier alpha value is -3.23.